The second kappa shape index (κ2) is 9.98. The first-order valence-corrected chi connectivity index (χ1v) is 12.2. The maximum atomic E-state index is 12.1. The smallest absolute Gasteiger partial charge is 0.257 e. The molecule has 178 valence electrons. The number of nitrogens with zero attached hydrogens (tertiary/aromatic N) is 3. The van der Waals surface area contributed by atoms with Gasteiger partial charge in [-0.25, -0.2) is 0 Å². The predicted molar refractivity (Wildman–Crippen MR) is 141 cm³/mol. The number of anilines is 1. The van der Waals surface area contributed by atoms with Crippen LogP contribution in [-0.4, -0.2) is 38.3 Å². The van der Waals surface area contributed by atoms with Crippen molar-refractivity contribution in [2.75, 3.05) is 18.4 Å². The second-order valence-electron chi connectivity index (χ2n) is 8.91. The predicted octanol–water partition coefficient (Wildman–Crippen LogP) is 5.39. The molecule has 35 heavy (non-hydrogen) atoms. The van der Waals surface area contributed by atoms with Crippen LogP contribution < -0.4 is 5.32 Å². The molecule has 1 saturated heterocycles. The first-order chi connectivity index (χ1) is 17.0. The highest BCUT2D eigenvalue weighted by atomic mass is 32.1. The Morgan fingerprint density at radius 2 is 1.51 bits per heavy atom. The molecule has 0 bridgehead atoms. The van der Waals surface area contributed by atoms with Gasteiger partial charge in [0.05, 0.1) is 0 Å². The Balaban J connectivity index is 1.25. The Bertz CT molecular complexity index is 1230. The summed E-state index contributed by atoms with van der Waals surface area (Å²) in [6, 6.07) is 27.8. The lowest BCUT2D eigenvalue weighted by molar-refractivity contribution is -0.00631. The van der Waals surface area contributed by atoms with Crippen molar-refractivity contribution in [3.05, 3.63) is 102 Å². The van der Waals surface area contributed by atoms with Crippen LogP contribution in [0.1, 0.15) is 29.8 Å². The highest BCUT2D eigenvalue weighted by molar-refractivity contribution is 7.80. The summed E-state index contributed by atoms with van der Waals surface area (Å²) in [5.41, 5.74) is 2.60. The lowest BCUT2D eigenvalue weighted by Gasteiger charge is -2.43. The van der Waals surface area contributed by atoms with Crippen LogP contribution in [0.3, 0.4) is 0 Å². The molecule has 0 unspecified atom stereocenters. The molecule has 1 fully saturated rings. The first kappa shape index (κ1) is 23.2. The summed E-state index contributed by atoms with van der Waals surface area (Å²) >= 11 is 5.72. The Kier molecular flexibility index (Phi) is 6.61. The van der Waals surface area contributed by atoms with Gasteiger partial charge in [0, 0.05) is 24.3 Å². The third kappa shape index (κ3) is 4.83. The molecule has 1 aliphatic rings. The van der Waals surface area contributed by atoms with E-state index in [2.05, 4.69) is 20.4 Å². The summed E-state index contributed by atoms with van der Waals surface area (Å²) in [5.74, 6) is 1.20. The van der Waals surface area contributed by atoms with E-state index >= 15 is 0 Å². The van der Waals surface area contributed by atoms with Crippen molar-refractivity contribution in [3.8, 4) is 11.5 Å². The van der Waals surface area contributed by atoms with Gasteiger partial charge in [-0.3, -0.25) is 0 Å². The van der Waals surface area contributed by atoms with Crippen LogP contribution in [0.5, 0.6) is 0 Å². The largest absolute Gasteiger partial charge is 0.380 e. The number of aryl methyl sites for hydroxylation is 1. The Morgan fingerprint density at radius 3 is 2.03 bits per heavy atom. The number of aromatic nitrogens is 2. The van der Waals surface area contributed by atoms with E-state index in [1.54, 1.807) is 6.92 Å². The summed E-state index contributed by atoms with van der Waals surface area (Å²) in [6.45, 7) is 3.35. The highest BCUT2D eigenvalue weighted by Crippen LogP contribution is 2.42. The number of aliphatic hydroxyl groups is 1. The molecule has 0 radical (unpaired) electrons. The van der Waals surface area contributed by atoms with Gasteiger partial charge in [0.15, 0.2) is 10.9 Å². The number of hydrogen-bond acceptors (Lipinski definition) is 5. The third-order valence-corrected chi connectivity index (χ3v) is 7.07. The molecule has 1 aliphatic heterocycles. The zero-order chi connectivity index (χ0) is 24.3. The normalized spacial score (nSPS) is 14.6. The SMILES string of the molecule is Cc1noc(-c2ccc(NC(=S)N3CCC(C(O)(c4ccccc4)c4ccccc4)CC3)cc2)n1. The second-order valence-corrected chi connectivity index (χ2v) is 9.30. The van der Waals surface area contributed by atoms with Gasteiger partial charge in [-0.05, 0) is 73.3 Å². The van der Waals surface area contributed by atoms with Crippen LogP contribution in [0.2, 0.25) is 0 Å². The Hall–Kier alpha value is -3.55. The molecule has 0 aliphatic carbocycles. The van der Waals surface area contributed by atoms with E-state index in [-0.39, 0.29) is 5.92 Å². The number of likely N-dealkylation sites (tertiary alicyclic amines) is 1. The number of benzene rings is 3. The summed E-state index contributed by atoms with van der Waals surface area (Å²) < 4.78 is 5.23. The fourth-order valence-electron chi connectivity index (χ4n) is 4.84. The van der Waals surface area contributed by atoms with Crippen molar-refractivity contribution in [3.63, 3.8) is 0 Å². The van der Waals surface area contributed by atoms with Crippen LogP contribution in [-0.2, 0) is 5.60 Å². The molecule has 0 saturated carbocycles. The maximum Gasteiger partial charge on any atom is 0.257 e. The fraction of sp³-hybridized carbons (Fsp3) is 0.250. The molecule has 7 heteroatoms. The first-order valence-electron chi connectivity index (χ1n) is 11.8. The van der Waals surface area contributed by atoms with Crippen molar-refractivity contribution in [2.24, 2.45) is 5.92 Å². The Morgan fingerprint density at radius 1 is 0.943 bits per heavy atom. The standard InChI is InChI=1S/C28H28N4O2S/c1-20-29-26(34-31-20)21-12-14-25(15-13-21)30-27(35)32-18-16-24(17-19-32)28(33,22-8-4-2-5-9-22)23-10-6-3-7-11-23/h2-15,24,33H,16-19H2,1H3,(H,30,35). The minimum atomic E-state index is -1.04. The number of nitrogens with one attached hydrogen (secondary N) is 1. The zero-order valence-electron chi connectivity index (χ0n) is 19.6. The van der Waals surface area contributed by atoms with Gasteiger partial charge >= 0.3 is 0 Å². The van der Waals surface area contributed by atoms with E-state index in [1.165, 1.54) is 0 Å². The lowest BCUT2D eigenvalue weighted by atomic mass is 9.72. The van der Waals surface area contributed by atoms with Crippen LogP contribution >= 0.6 is 12.2 Å². The van der Waals surface area contributed by atoms with Gasteiger partial charge < -0.3 is 19.8 Å². The molecule has 6 nitrogen and oxygen atoms in total. The van der Waals surface area contributed by atoms with Crippen molar-refractivity contribution >= 4 is 23.0 Å². The molecule has 0 spiro atoms. The molecule has 5 rings (SSSR count). The molecular weight excluding hydrogens is 456 g/mol. The van der Waals surface area contributed by atoms with Crippen molar-refractivity contribution < 1.29 is 9.63 Å². The average molecular weight is 485 g/mol. The third-order valence-electron chi connectivity index (χ3n) is 6.71. The van der Waals surface area contributed by atoms with E-state index in [0.717, 1.165) is 48.3 Å². The molecule has 2 N–H and O–H groups in total. The van der Waals surface area contributed by atoms with Crippen molar-refractivity contribution in [2.45, 2.75) is 25.4 Å². The molecule has 0 amide bonds. The fourth-order valence-corrected chi connectivity index (χ4v) is 5.14. The van der Waals surface area contributed by atoms with Crippen LogP contribution in [0.25, 0.3) is 11.5 Å². The molecular formula is C28H28N4O2S. The van der Waals surface area contributed by atoms with Crippen LogP contribution in [0.4, 0.5) is 5.69 Å². The van der Waals surface area contributed by atoms with Gasteiger partial charge in [-0.2, -0.15) is 4.98 Å². The minimum Gasteiger partial charge on any atom is -0.380 e. The molecule has 4 aromatic rings. The summed E-state index contributed by atoms with van der Waals surface area (Å²) in [4.78, 5) is 6.44. The minimum absolute atomic E-state index is 0.0866. The number of hydrogen-bond donors (Lipinski definition) is 2. The lowest BCUT2D eigenvalue weighted by Crippen LogP contribution is -2.47. The van der Waals surface area contributed by atoms with Crippen molar-refractivity contribution in [1.29, 1.82) is 0 Å². The summed E-state index contributed by atoms with van der Waals surface area (Å²) in [7, 11) is 0. The van der Waals surface area contributed by atoms with E-state index < -0.39 is 5.60 Å². The van der Waals surface area contributed by atoms with Gasteiger partial charge in [0.2, 0.25) is 0 Å². The van der Waals surface area contributed by atoms with Crippen LogP contribution in [0.15, 0.2) is 89.5 Å². The summed E-state index contributed by atoms with van der Waals surface area (Å²) in [5, 5.41) is 19.9. The van der Waals surface area contributed by atoms with Gasteiger partial charge in [-0.15, -0.1) is 0 Å². The monoisotopic (exact) mass is 484 g/mol. The van der Waals surface area contributed by atoms with Gasteiger partial charge in [0.25, 0.3) is 5.89 Å². The van der Waals surface area contributed by atoms with Gasteiger partial charge in [0.1, 0.15) is 5.60 Å². The quantitative estimate of drug-likeness (QED) is 0.368. The molecule has 2 heterocycles. The highest BCUT2D eigenvalue weighted by Gasteiger charge is 2.41. The van der Waals surface area contributed by atoms with Crippen LogP contribution in [0, 0.1) is 12.8 Å². The summed E-state index contributed by atoms with van der Waals surface area (Å²) in [6.07, 6.45) is 1.66. The maximum absolute atomic E-state index is 12.1. The van der Waals surface area contributed by atoms with E-state index in [1.807, 2.05) is 84.9 Å². The molecule has 1 aromatic heterocycles. The number of piperidine rings is 1. The Labute approximate surface area is 210 Å². The number of rotatable bonds is 5. The van der Waals surface area contributed by atoms with Crippen molar-refractivity contribution in [1.82, 2.24) is 15.0 Å². The number of thiocarbonyl (C=S) groups is 1. The molecule has 3 aromatic carbocycles. The van der Waals surface area contributed by atoms with E-state index in [9.17, 15) is 5.11 Å². The zero-order valence-corrected chi connectivity index (χ0v) is 20.4. The topological polar surface area (TPSA) is 74.4 Å². The average Bonchev–Trinajstić information content (AvgIpc) is 3.36. The van der Waals surface area contributed by atoms with Gasteiger partial charge in [-0.1, -0.05) is 65.8 Å². The van der Waals surface area contributed by atoms with E-state index in [0.29, 0.717) is 16.8 Å². The molecule has 0 atom stereocenters. The van der Waals surface area contributed by atoms with E-state index in [4.69, 9.17) is 16.7 Å².